The lowest BCUT2D eigenvalue weighted by Gasteiger charge is -2.29. The quantitative estimate of drug-likeness (QED) is 0.677. The predicted molar refractivity (Wildman–Crippen MR) is 61.4 cm³/mol. The van der Waals surface area contributed by atoms with Crippen LogP contribution in [0.15, 0.2) is 0 Å². The summed E-state index contributed by atoms with van der Waals surface area (Å²) in [4.78, 5) is 10.5. The maximum atomic E-state index is 10.5. The van der Waals surface area contributed by atoms with Crippen molar-refractivity contribution in [2.45, 2.75) is 43.9 Å². The zero-order valence-corrected chi connectivity index (χ0v) is 9.61. The number of rotatable bonds is 5. The normalized spacial score (nSPS) is 27.5. The van der Waals surface area contributed by atoms with E-state index in [1.807, 2.05) is 11.8 Å². The summed E-state index contributed by atoms with van der Waals surface area (Å²) in [5.74, 6) is 1.10. The van der Waals surface area contributed by atoms with Gasteiger partial charge in [0, 0.05) is 17.7 Å². The van der Waals surface area contributed by atoms with Gasteiger partial charge in [-0.2, -0.15) is 11.8 Å². The molecule has 1 fully saturated rings. The van der Waals surface area contributed by atoms with Crippen LogP contribution in [0.3, 0.4) is 0 Å². The fourth-order valence-electron chi connectivity index (χ4n) is 1.74. The topological polar surface area (TPSA) is 55.1 Å². The lowest BCUT2D eigenvalue weighted by atomic mass is 10.1. The molecule has 0 aromatic rings. The van der Waals surface area contributed by atoms with Crippen LogP contribution in [0.5, 0.6) is 0 Å². The molecule has 0 aromatic heterocycles. The van der Waals surface area contributed by atoms with E-state index in [9.17, 15) is 4.79 Å². The van der Waals surface area contributed by atoms with Gasteiger partial charge in [0.05, 0.1) is 0 Å². The average Bonchev–Trinajstić information content (AvgIpc) is 2.15. The highest BCUT2D eigenvalue weighted by Crippen LogP contribution is 2.24. The van der Waals surface area contributed by atoms with Gasteiger partial charge in [-0.05, 0) is 31.6 Å². The zero-order chi connectivity index (χ0) is 10.4. The van der Waals surface area contributed by atoms with Crippen LogP contribution in [0.4, 0.5) is 0 Å². The van der Waals surface area contributed by atoms with Crippen molar-refractivity contribution < 1.29 is 4.79 Å². The SMILES string of the molecule is CC1SCCCC1NCCCC(N)=O. The molecule has 0 bridgehead atoms. The monoisotopic (exact) mass is 216 g/mol. The Morgan fingerprint density at radius 3 is 3.07 bits per heavy atom. The molecule has 14 heavy (non-hydrogen) atoms. The summed E-state index contributed by atoms with van der Waals surface area (Å²) < 4.78 is 0. The second-order valence-corrected chi connectivity index (χ2v) is 5.33. The fraction of sp³-hybridized carbons (Fsp3) is 0.900. The second kappa shape index (κ2) is 6.30. The molecule has 0 aromatic carbocycles. The van der Waals surface area contributed by atoms with Crippen molar-refractivity contribution in [2.24, 2.45) is 5.73 Å². The highest BCUT2D eigenvalue weighted by atomic mass is 32.2. The van der Waals surface area contributed by atoms with E-state index in [1.165, 1.54) is 18.6 Å². The molecule has 1 aliphatic rings. The van der Waals surface area contributed by atoms with Crippen molar-refractivity contribution >= 4 is 17.7 Å². The fourth-order valence-corrected chi connectivity index (χ4v) is 2.91. The van der Waals surface area contributed by atoms with E-state index >= 15 is 0 Å². The molecule has 0 aliphatic carbocycles. The van der Waals surface area contributed by atoms with Gasteiger partial charge in [0.2, 0.25) is 5.91 Å². The van der Waals surface area contributed by atoms with Crippen LogP contribution in [0.1, 0.15) is 32.6 Å². The summed E-state index contributed by atoms with van der Waals surface area (Å²) in [6.45, 7) is 3.19. The van der Waals surface area contributed by atoms with Crippen LogP contribution < -0.4 is 11.1 Å². The first-order valence-electron chi connectivity index (χ1n) is 5.33. The number of carbonyl (C=O) groups excluding carboxylic acids is 1. The van der Waals surface area contributed by atoms with Crippen molar-refractivity contribution in [1.82, 2.24) is 5.32 Å². The Morgan fingerprint density at radius 2 is 2.43 bits per heavy atom. The second-order valence-electron chi connectivity index (χ2n) is 3.85. The Hall–Kier alpha value is -0.220. The smallest absolute Gasteiger partial charge is 0.217 e. The number of thioether (sulfide) groups is 1. The van der Waals surface area contributed by atoms with E-state index in [-0.39, 0.29) is 5.91 Å². The number of amides is 1. The molecular weight excluding hydrogens is 196 g/mol. The largest absolute Gasteiger partial charge is 0.370 e. The highest BCUT2D eigenvalue weighted by Gasteiger charge is 2.20. The molecule has 1 aliphatic heterocycles. The van der Waals surface area contributed by atoms with Crippen molar-refractivity contribution in [2.75, 3.05) is 12.3 Å². The van der Waals surface area contributed by atoms with Gasteiger partial charge in [-0.25, -0.2) is 0 Å². The molecule has 82 valence electrons. The van der Waals surface area contributed by atoms with Gasteiger partial charge in [-0.1, -0.05) is 6.92 Å². The summed E-state index contributed by atoms with van der Waals surface area (Å²) in [6, 6.07) is 0.627. The van der Waals surface area contributed by atoms with Gasteiger partial charge < -0.3 is 11.1 Å². The highest BCUT2D eigenvalue weighted by molar-refractivity contribution is 7.99. The van der Waals surface area contributed by atoms with Crippen LogP contribution >= 0.6 is 11.8 Å². The molecule has 0 saturated carbocycles. The summed E-state index contributed by atoms with van der Waals surface area (Å²) in [6.07, 6.45) is 3.94. The van der Waals surface area contributed by atoms with Gasteiger partial charge >= 0.3 is 0 Å². The third kappa shape index (κ3) is 4.33. The summed E-state index contributed by atoms with van der Waals surface area (Å²) >= 11 is 2.04. The van der Waals surface area contributed by atoms with Crippen LogP contribution in [0, 0.1) is 0 Å². The number of primary amides is 1. The van der Waals surface area contributed by atoms with Crippen LogP contribution in [0.25, 0.3) is 0 Å². The van der Waals surface area contributed by atoms with Crippen LogP contribution in [-0.4, -0.2) is 29.5 Å². The van der Waals surface area contributed by atoms with E-state index in [0.29, 0.717) is 17.7 Å². The Balaban J connectivity index is 2.07. The van der Waals surface area contributed by atoms with Crippen molar-refractivity contribution in [3.05, 3.63) is 0 Å². The van der Waals surface area contributed by atoms with E-state index < -0.39 is 0 Å². The first-order valence-corrected chi connectivity index (χ1v) is 6.38. The third-order valence-corrected chi connectivity index (χ3v) is 3.99. The zero-order valence-electron chi connectivity index (χ0n) is 8.79. The number of hydrogen-bond donors (Lipinski definition) is 2. The lowest BCUT2D eigenvalue weighted by molar-refractivity contribution is -0.118. The van der Waals surface area contributed by atoms with E-state index in [4.69, 9.17) is 5.73 Å². The van der Waals surface area contributed by atoms with E-state index in [2.05, 4.69) is 12.2 Å². The number of nitrogens with two attached hydrogens (primary N) is 1. The minimum Gasteiger partial charge on any atom is -0.370 e. The van der Waals surface area contributed by atoms with Crippen molar-refractivity contribution in [1.29, 1.82) is 0 Å². The van der Waals surface area contributed by atoms with Gasteiger partial charge in [0.1, 0.15) is 0 Å². The minimum absolute atomic E-state index is 0.196. The first kappa shape index (κ1) is 11.9. The minimum atomic E-state index is -0.196. The van der Waals surface area contributed by atoms with Gasteiger partial charge in [-0.3, -0.25) is 4.79 Å². The number of nitrogens with one attached hydrogen (secondary N) is 1. The van der Waals surface area contributed by atoms with Gasteiger partial charge in [0.15, 0.2) is 0 Å². The maximum absolute atomic E-state index is 10.5. The molecule has 1 amide bonds. The Bertz CT molecular complexity index is 187. The van der Waals surface area contributed by atoms with E-state index in [0.717, 1.165) is 13.0 Å². The maximum Gasteiger partial charge on any atom is 0.217 e. The Kier molecular flexibility index (Phi) is 5.33. The molecular formula is C10H20N2OS. The van der Waals surface area contributed by atoms with Crippen molar-refractivity contribution in [3.8, 4) is 0 Å². The Labute approximate surface area is 90.2 Å². The molecule has 4 heteroatoms. The van der Waals surface area contributed by atoms with Gasteiger partial charge in [0.25, 0.3) is 0 Å². The van der Waals surface area contributed by atoms with Crippen molar-refractivity contribution in [3.63, 3.8) is 0 Å². The van der Waals surface area contributed by atoms with E-state index in [1.54, 1.807) is 0 Å². The molecule has 1 rings (SSSR count). The average molecular weight is 216 g/mol. The van der Waals surface area contributed by atoms with Crippen LogP contribution in [-0.2, 0) is 4.79 Å². The molecule has 2 unspecified atom stereocenters. The summed E-state index contributed by atoms with van der Waals surface area (Å²) in [5, 5.41) is 4.20. The van der Waals surface area contributed by atoms with Crippen LogP contribution in [0.2, 0.25) is 0 Å². The number of carbonyl (C=O) groups is 1. The first-order chi connectivity index (χ1) is 6.70. The Morgan fingerprint density at radius 1 is 1.64 bits per heavy atom. The third-order valence-electron chi connectivity index (χ3n) is 2.61. The summed E-state index contributed by atoms with van der Waals surface area (Å²) in [7, 11) is 0. The predicted octanol–water partition coefficient (Wildman–Crippen LogP) is 1.13. The standard InChI is InChI=1S/C10H20N2OS/c1-8-9(4-3-7-14-8)12-6-2-5-10(11)13/h8-9,12H,2-7H2,1H3,(H2,11,13). The van der Waals surface area contributed by atoms with Gasteiger partial charge in [-0.15, -0.1) is 0 Å². The molecule has 3 N–H and O–H groups in total. The number of hydrogen-bond acceptors (Lipinski definition) is 3. The molecule has 0 spiro atoms. The lowest BCUT2D eigenvalue weighted by Crippen LogP contribution is -2.39. The molecule has 0 radical (unpaired) electrons. The molecule has 2 atom stereocenters. The molecule has 1 heterocycles. The molecule has 3 nitrogen and oxygen atoms in total. The molecule has 1 saturated heterocycles. The summed E-state index contributed by atoms with van der Waals surface area (Å²) in [5.41, 5.74) is 5.07.